The van der Waals surface area contributed by atoms with E-state index in [1.54, 1.807) is 35.0 Å². The van der Waals surface area contributed by atoms with Gasteiger partial charge in [-0.25, -0.2) is 14.5 Å². The Hall–Kier alpha value is -3.84. The number of urea groups is 1. The summed E-state index contributed by atoms with van der Waals surface area (Å²) in [6.45, 7) is 0.0981. The molecule has 0 atom stereocenters. The van der Waals surface area contributed by atoms with Crippen LogP contribution in [0.25, 0.3) is 17.1 Å². The molecule has 5 rings (SSSR count). The molecule has 2 amide bonds. The molecule has 0 aliphatic heterocycles. The largest absolute Gasteiger partial charge is 0.331 e. The lowest BCUT2D eigenvalue weighted by Gasteiger charge is -2.20. The van der Waals surface area contributed by atoms with Crippen molar-refractivity contribution in [2.24, 2.45) is 0 Å². The highest BCUT2D eigenvalue weighted by molar-refractivity contribution is 6.35. The summed E-state index contributed by atoms with van der Waals surface area (Å²) in [5.41, 5.74) is 3.34. The first-order valence-electron chi connectivity index (χ1n) is 11.8. The molecule has 0 unspecified atom stereocenters. The number of nitrogens with zero attached hydrogens (tertiary/aromatic N) is 3. The molecule has 6 nitrogen and oxygen atoms in total. The van der Waals surface area contributed by atoms with Crippen molar-refractivity contribution >= 4 is 40.8 Å². The third-order valence-corrected chi connectivity index (χ3v) is 6.63. The van der Waals surface area contributed by atoms with Crippen molar-refractivity contribution in [3.05, 3.63) is 135 Å². The lowest BCUT2D eigenvalue weighted by Crippen LogP contribution is -2.38. The number of rotatable bonds is 7. The molecular weight excluding hydrogens is 541 g/mol. The van der Waals surface area contributed by atoms with E-state index in [4.69, 9.17) is 39.8 Å². The van der Waals surface area contributed by atoms with Gasteiger partial charge in [0.05, 0.1) is 23.3 Å². The van der Waals surface area contributed by atoms with Gasteiger partial charge in [-0.3, -0.25) is 0 Å². The number of hydrogen-bond donors (Lipinski definition) is 2. The zero-order valence-corrected chi connectivity index (χ0v) is 22.3. The van der Waals surface area contributed by atoms with E-state index in [0.717, 1.165) is 16.7 Å². The van der Waals surface area contributed by atoms with Crippen molar-refractivity contribution < 1.29 is 4.79 Å². The first-order chi connectivity index (χ1) is 18.5. The fourth-order valence-corrected chi connectivity index (χ4v) is 4.64. The summed E-state index contributed by atoms with van der Waals surface area (Å²) in [5, 5.41) is 12.1. The Morgan fingerprint density at radius 3 is 2.00 bits per heavy atom. The molecule has 0 saturated carbocycles. The van der Waals surface area contributed by atoms with Crippen molar-refractivity contribution in [2.45, 2.75) is 12.6 Å². The van der Waals surface area contributed by atoms with Gasteiger partial charge in [0.2, 0.25) is 0 Å². The SMILES string of the molecule is O=C(NCc1nc(-c2ccc(Cl)cc2)n(-c2ccc(Cl)cc2Cl)n1)NC(c1ccccc1)c1ccccc1. The van der Waals surface area contributed by atoms with Crippen LogP contribution in [-0.4, -0.2) is 20.8 Å². The summed E-state index contributed by atoms with van der Waals surface area (Å²) in [6.07, 6.45) is 0. The van der Waals surface area contributed by atoms with Crippen molar-refractivity contribution in [2.75, 3.05) is 0 Å². The zero-order chi connectivity index (χ0) is 26.5. The minimum Gasteiger partial charge on any atom is -0.331 e. The number of carbonyl (C=O) groups is 1. The van der Waals surface area contributed by atoms with E-state index in [-0.39, 0.29) is 18.6 Å². The highest BCUT2D eigenvalue weighted by atomic mass is 35.5. The third kappa shape index (κ3) is 6.00. The molecule has 4 aromatic carbocycles. The molecule has 0 spiro atoms. The van der Waals surface area contributed by atoms with E-state index < -0.39 is 0 Å². The van der Waals surface area contributed by atoms with Gasteiger partial charge in [-0.2, -0.15) is 0 Å². The van der Waals surface area contributed by atoms with E-state index >= 15 is 0 Å². The van der Waals surface area contributed by atoms with Crippen LogP contribution in [0.4, 0.5) is 4.79 Å². The molecule has 0 aliphatic rings. The number of carbonyl (C=O) groups excluding carboxylic acids is 1. The van der Waals surface area contributed by atoms with E-state index in [1.807, 2.05) is 72.8 Å². The molecule has 5 aromatic rings. The first kappa shape index (κ1) is 25.8. The third-order valence-electron chi connectivity index (χ3n) is 5.84. The first-order valence-corrected chi connectivity index (χ1v) is 12.9. The predicted octanol–water partition coefficient (Wildman–Crippen LogP) is 7.48. The number of nitrogens with one attached hydrogen (secondary N) is 2. The molecule has 0 saturated heterocycles. The minimum atomic E-state index is -0.350. The molecule has 9 heteroatoms. The van der Waals surface area contributed by atoms with Gasteiger partial charge in [-0.1, -0.05) is 95.5 Å². The van der Waals surface area contributed by atoms with Gasteiger partial charge in [-0.15, -0.1) is 5.10 Å². The van der Waals surface area contributed by atoms with Crippen LogP contribution in [0.15, 0.2) is 103 Å². The molecule has 2 N–H and O–H groups in total. The van der Waals surface area contributed by atoms with Crippen molar-refractivity contribution in [3.63, 3.8) is 0 Å². The summed E-state index contributed by atoms with van der Waals surface area (Å²) in [6, 6.07) is 31.3. The van der Waals surface area contributed by atoms with Crippen molar-refractivity contribution in [1.29, 1.82) is 0 Å². The maximum Gasteiger partial charge on any atom is 0.315 e. The Morgan fingerprint density at radius 1 is 0.789 bits per heavy atom. The average molecular weight is 563 g/mol. The Labute approximate surface area is 235 Å². The number of aromatic nitrogens is 3. The number of hydrogen-bond acceptors (Lipinski definition) is 3. The van der Waals surface area contributed by atoms with Crippen LogP contribution < -0.4 is 10.6 Å². The molecule has 38 heavy (non-hydrogen) atoms. The van der Waals surface area contributed by atoms with Crippen LogP contribution >= 0.6 is 34.8 Å². The Bertz CT molecular complexity index is 1500. The zero-order valence-electron chi connectivity index (χ0n) is 20.0. The second-order valence-electron chi connectivity index (χ2n) is 8.45. The number of halogens is 3. The standard InChI is InChI=1S/C29H22Cl3N5O/c30-22-13-11-21(12-14-22)28-34-26(36-37(28)25-16-15-23(31)17-24(25)32)18-33-29(38)35-27(19-7-3-1-4-8-19)20-9-5-2-6-10-20/h1-17,27H,18H2,(H2,33,35,38). The van der Waals surface area contributed by atoms with Crippen LogP contribution in [0.2, 0.25) is 15.1 Å². The lowest BCUT2D eigenvalue weighted by molar-refractivity contribution is 0.238. The smallest absolute Gasteiger partial charge is 0.315 e. The van der Waals surface area contributed by atoms with Crippen LogP contribution in [0.1, 0.15) is 23.0 Å². The summed E-state index contributed by atoms with van der Waals surface area (Å²) in [5.74, 6) is 0.960. The molecule has 1 heterocycles. The molecule has 1 aromatic heterocycles. The minimum absolute atomic E-state index is 0.0981. The summed E-state index contributed by atoms with van der Waals surface area (Å²) in [4.78, 5) is 17.7. The van der Waals surface area contributed by atoms with Gasteiger partial charge in [-0.05, 0) is 53.6 Å². The van der Waals surface area contributed by atoms with E-state index in [9.17, 15) is 4.79 Å². The number of amides is 2. The van der Waals surface area contributed by atoms with Gasteiger partial charge in [0.1, 0.15) is 0 Å². The fourth-order valence-electron chi connectivity index (χ4n) is 4.03. The Morgan fingerprint density at radius 2 is 1.39 bits per heavy atom. The molecule has 190 valence electrons. The van der Waals surface area contributed by atoms with Crippen LogP contribution in [0.5, 0.6) is 0 Å². The molecular formula is C29H22Cl3N5O. The number of benzene rings is 4. The van der Waals surface area contributed by atoms with Crippen molar-refractivity contribution in [1.82, 2.24) is 25.4 Å². The summed E-state index contributed by atoms with van der Waals surface area (Å²) in [7, 11) is 0. The highest BCUT2D eigenvalue weighted by Gasteiger charge is 2.19. The fraction of sp³-hybridized carbons (Fsp3) is 0.0690. The summed E-state index contributed by atoms with van der Waals surface area (Å²) < 4.78 is 1.63. The van der Waals surface area contributed by atoms with E-state index in [0.29, 0.717) is 32.4 Å². The molecule has 0 aliphatic carbocycles. The average Bonchev–Trinajstić information content (AvgIpc) is 3.36. The van der Waals surface area contributed by atoms with Crippen molar-refractivity contribution in [3.8, 4) is 17.1 Å². The quantitative estimate of drug-likeness (QED) is 0.216. The maximum atomic E-state index is 13.0. The van der Waals surface area contributed by atoms with Crippen LogP contribution in [-0.2, 0) is 6.54 Å². The lowest BCUT2D eigenvalue weighted by atomic mass is 9.99. The Balaban J connectivity index is 1.39. The van der Waals surface area contributed by atoms with E-state index in [2.05, 4.69) is 15.7 Å². The molecule has 0 radical (unpaired) electrons. The normalized spacial score (nSPS) is 10.9. The van der Waals surface area contributed by atoms with E-state index in [1.165, 1.54) is 0 Å². The second kappa shape index (κ2) is 11.7. The van der Waals surface area contributed by atoms with Gasteiger partial charge >= 0.3 is 6.03 Å². The van der Waals surface area contributed by atoms with Crippen LogP contribution in [0.3, 0.4) is 0 Å². The van der Waals surface area contributed by atoms with Crippen LogP contribution in [0, 0.1) is 0 Å². The summed E-state index contributed by atoms with van der Waals surface area (Å²) >= 11 is 18.7. The molecule has 0 fully saturated rings. The predicted molar refractivity (Wildman–Crippen MR) is 152 cm³/mol. The van der Waals surface area contributed by atoms with Gasteiger partial charge < -0.3 is 10.6 Å². The molecule has 0 bridgehead atoms. The van der Waals surface area contributed by atoms with Gasteiger partial charge in [0.25, 0.3) is 0 Å². The Kier molecular flexibility index (Phi) is 7.94. The highest BCUT2D eigenvalue weighted by Crippen LogP contribution is 2.29. The maximum absolute atomic E-state index is 13.0. The second-order valence-corrected chi connectivity index (χ2v) is 9.73. The van der Waals surface area contributed by atoms with Gasteiger partial charge in [0, 0.05) is 15.6 Å². The van der Waals surface area contributed by atoms with Gasteiger partial charge in [0.15, 0.2) is 11.6 Å². The monoisotopic (exact) mass is 561 g/mol. The topological polar surface area (TPSA) is 71.8 Å².